The van der Waals surface area contributed by atoms with Gasteiger partial charge >= 0.3 is 0 Å². The highest BCUT2D eigenvalue weighted by Crippen LogP contribution is 2.25. The van der Waals surface area contributed by atoms with Crippen molar-refractivity contribution >= 4 is 0 Å². The molecule has 1 aliphatic rings. The normalized spacial score (nSPS) is 22.3. The summed E-state index contributed by atoms with van der Waals surface area (Å²) in [6, 6.07) is 2.05. The van der Waals surface area contributed by atoms with Gasteiger partial charge in [-0.2, -0.15) is 0 Å². The first kappa shape index (κ1) is 11.6. The Morgan fingerprint density at radius 1 is 1.50 bits per heavy atom. The first-order chi connectivity index (χ1) is 7.68. The Labute approximate surface area is 97.2 Å². The summed E-state index contributed by atoms with van der Waals surface area (Å²) in [5.41, 5.74) is 3.60. The Morgan fingerprint density at radius 2 is 2.31 bits per heavy atom. The molecular weight excluding hydrogens is 200 g/mol. The minimum atomic E-state index is 0.138. The summed E-state index contributed by atoms with van der Waals surface area (Å²) >= 11 is 0. The summed E-state index contributed by atoms with van der Waals surface area (Å²) in [5, 5.41) is 3.32. The van der Waals surface area contributed by atoms with Gasteiger partial charge in [-0.15, -0.1) is 0 Å². The zero-order valence-electron chi connectivity index (χ0n) is 10.3. The van der Waals surface area contributed by atoms with E-state index in [2.05, 4.69) is 37.1 Å². The van der Waals surface area contributed by atoms with Crippen LogP contribution in [0.25, 0.3) is 0 Å². The minimum Gasteiger partial charge on any atom is -0.369 e. The fourth-order valence-electron chi connectivity index (χ4n) is 2.42. The first-order valence-corrected chi connectivity index (χ1v) is 5.96. The lowest BCUT2D eigenvalue weighted by Gasteiger charge is -2.21. The number of aromatic nitrogens is 1. The number of nitrogens with zero attached hydrogens (tertiary/aromatic N) is 1. The van der Waals surface area contributed by atoms with Gasteiger partial charge in [0.25, 0.3) is 0 Å². The van der Waals surface area contributed by atoms with Crippen LogP contribution in [0.15, 0.2) is 12.3 Å². The molecular formula is C13H20N2O. The summed E-state index contributed by atoms with van der Waals surface area (Å²) < 4.78 is 6.06. The third-order valence-corrected chi connectivity index (χ3v) is 3.23. The van der Waals surface area contributed by atoms with Crippen molar-refractivity contribution < 1.29 is 4.74 Å². The van der Waals surface area contributed by atoms with E-state index >= 15 is 0 Å². The Bertz CT molecular complexity index is 339. The number of pyridine rings is 1. The summed E-state index contributed by atoms with van der Waals surface area (Å²) in [4.78, 5) is 4.34. The molecule has 0 radical (unpaired) electrons. The zero-order chi connectivity index (χ0) is 11.5. The highest BCUT2D eigenvalue weighted by Gasteiger charge is 2.20. The monoisotopic (exact) mass is 220 g/mol. The molecule has 1 saturated heterocycles. The predicted octanol–water partition coefficient (Wildman–Crippen LogP) is 2.14. The van der Waals surface area contributed by atoms with Crippen LogP contribution in [-0.4, -0.2) is 24.2 Å². The van der Waals surface area contributed by atoms with Gasteiger partial charge in [0.15, 0.2) is 0 Å². The molecule has 2 rings (SSSR count). The van der Waals surface area contributed by atoms with Gasteiger partial charge in [-0.25, -0.2) is 0 Å². The molecule has 0 aliphatic carbocycles. The van der Waals surface area contributed by atoms with Gasteiger partial charge < -0.3 is 10.1 Å². The van der Waals surface area contributed by atoms with E-state index in [1.807, 2.05) is 6.20 Å². The van der Waals surface area contributed by atoms with E-state index in [1.54, 1.807) is 0 Å². The van der Waals surface area contributed by atoms with Crippen molar-refractivity contribution in [1.82, 2.24) is 10.3 Å². The van der Waals surface area contributed by atoms with Crippen molar-refractivity contribution in [2.45, 2.75) is 39.4 Å². The van der Waals surface area contributed by atoms with Crippen LogP contribution < -0.4 is 5.32 Å². The number of hydrogen-bond donors (Lipinski definition) is 1. The smallest absolute Gasteiger partial charge is 0.0821 e. The molecule has 3 nitrogen and oxygen atoms in total. The van der Waals surface area contributed by atoms with Crippen LogP contribution in [0.1, 0.15) is 36.3 Å². The number of hydrogen-bond acceptors (Lipinski definition) is 3. The lowest BCUT2D eigenvalue weighted by atomic mass is 10.0. The molecule has 1 N–H and O–H groups in total. The molecule has 16 heavy (non-hydrogen) atoms. The maximum absolute atomic E-state index is 6.06. The van der Waals surface area contributed by atoms with Crippen LogP contribution in [-0.2, 0) is 4.74 Å². The summed E-state index contributed by atoms with van der Waals surface area (Å²) in [5.74, 6) is 0. The van der Waals surface area contributed by atoms with Crippen molar-refractivity contribution in [2.24, 2.45) is 0 Å². The van der Waals surface area contributed by atoms with Gasteiger partial charge in [0, 0.05) is 24.0 Å². The van der Waals surface area contributed by atoms with E-state index in [0.717, 1.165) is 25.2 Å². The standard InChI is InChI=1S/C13H20N2O/c1-9-4-7-15-10(2)13(9)11(3)16-12-5-6-14-8-12/h4,7,11-12,14H,5-6,8H2,1-3H3/t11-,12-/m1/s1. The van der Waals surface area contributed by atoms with E-state index in [-0.39, 0.29) is 6.10 Å². The van der Waals surface area contributed by atoms with E-state index in [4.69, 9.17) is 4.74 Å². The van der Waals surface area contributed by atoms with Gasteiger partial charge in [0.1, 0.15) is 0 Å². The Kier molecular flexibility index (Phi) is 3.56. The van der Waals surface area contributed by atoms with E-state index < -0.39 is 0 Å². The SMILES string of the molecule is Cc1ccnc(C)c1[C@@H](C)O[C@@H]1CCNC1. The van der Waals surface area contributed by atoms with E-state index in [9.17, 15) is 0 Å². The average Bonchev–Trinajstić information content (AvgIpc) is 2.70. The fourth-order valence-corrected chi connectivity index (χ4v) is 2.42. The third-order valence-electron chi connectivity index (χ3n) is 3.23. The molecule has 88 valence electrons. The number of ether oxygens (including phenoxy) is 1. The van der Waals surface area contributed by atoms with Gasteiger partial charge in [0.2, 0.25) is 0 Å². The lowest BCUT2D eigenvalue weighted by molar-refractivity contribution is 0.00746. The quantitative estimate of drug-likeness (QED) is 0.847. The Balaban J connectivity index is 2.10. The topological polar surface area (TPSA) is 34.1 Å². The summed E-state index contributed by atoms with van der Waals surface area (Å²) in [7, 11) is 0. The largest absolute Gasteiger partial charge is 0.369 e. The highest BCUT2D eigenvalue weighted by atomic mass is 16.5. The molecule has 0 bridgehead atoms. The van der Waals surface area contributed by atoms with Crippen molar-refractivity contribution in [2.75, 3.05) is 13.1 Å². The van der Waals surface area contributed by atoms with Gasteiger partial charge in [-0.1, -0.05) is 0 Å². The van der Waals surface area contributed by atoms with E-state index in [0.29, 0.717) is 6.10 Å². The molecule has 0 aromatic carbocycles. The predicted molar refractivity (Wildman–Crippen MR) is 64.5 cm³/mol. The number of nitrogens with one attached hydrogen (secondary N) is 1. The van der Waals surface area contributed by atoms with Gasteiger partial charge in [-0.3, -0.25) is 4.98 Å². The average molecular weight is 220 g/mol. The second-order valence-corrected chi connectivity index (χ2v) is 4.52. The summed E-state index contributed by atoms with van der Waals surface area (Å²) in [6.07, 6.45) is 3.47. The molecule has 0 spiro atoms. The van der Waals surface area contributed by atoms with Crippen LogP contribution in [0.5, 0.6) is 0 Å². The molecule has 1 aromatic heterocycles. The second-order valence-electron chi connectivity index (χ2n) is 4.52. The van der Waals surface area contributed by atoms with Crippen molar-refractivity contribution in [1.29, 1.82) is 0 Å². The van der Waals surface area contributed by atoms with Crippen LogP contribution in [0.4, 0.5) is 0 Å². The Hall–Kier alpha value is -0.930. The summed E-state index contributed by atoms with van der Waals surface area (Å²) in [6.45, 7) is 8.34. The van der Waals surface area contributed by atoms with E-state index in [1.165, 1.54) is 11.1 Å². The maximum atomic E-state index is 6.06. The Morgan fingerprint density at radius 3 is 2.94 bits per heavy atom. The molecule has 3 heteroatoms. The molecule has 1 fully saturated rings. The van der Waals surface area contributed by atoms with Crippen LogP contribution in [0, 0.1) is 13.8 Å². The fraction of sp³-hybridized carbons (Fsp3) is 0.615. The van der Waals surface area contributed by atoms with Gasteiger partial charge in [0.05, 0.1) is 12.2 Å². The maximum Gasteiger partial charge on any atom is 0.0821 e. The molecule has 0 unspecified atom stereocenters. The molecule has 0 amide bonds. The molecule has 1 aromatic rings. The molecule has 1 aliphatic heterocycles. The molecule has 2 heterocycles. The second kappa shape index (κ2) is 4.93. The van der Waals surface area contributed by atoms with Gasteiger partial charge in [-0.05, 0) is 45.4 Å². The first-order valence-electron chi connectivity index (χ1n) is 5.96. The van der Waals surface area contributed by atoms with Crippen LogP contribution in [0.3, 0.4) is 0 Å². The lowest BCUT2D eigenvalue weighted by Crippen LogP contribution is -2.19. The third kappa shape index (κ3) is 2.42. The van der Waals surface area contributed by atoms with Crippen LogP contribution in [0.2, 0.25) is 0 Å². The van der Waals surface area contributed by atoms with Crippen LogP contribution >= 0.6 is 0 Å². The highest BCUT2D eigenvalue weighted by molar-refractivity contribution is 5.30. The van der Waals surface area contributed by atoms with Crippen molar-refractivity contribution in [3.8, 4) is 0 Å². The number of rotatable bonds is 3. The van der Waals surface area contributed by atoms with Crippen molar-refractivity contribution in [3.63, 3.8) is 0 Å². The molecule has 0 saturated carbocycles. The number of aryl methyl sites for hydroxylation is 2. The zero-order valence-corrected chi connectivity index (χ0v) is 10.3. The van der Waals surface area contributed by atoms with Crippen molar-refractivity contribution in [3.05, 3.63) is 29.1 Å². The molecule has 2 atom stereocenters. The minimum absolute atomic E-state index is 0.138.